The topological polar surface area (TPSA) is 24.7 Å². The van der Waals surface area contributed by atoms with Crippen LogP contribution in [0.4, 0.5) is 0 Å². The van der Waals surface area contributed by atoms with Gasteiger partial charge in [-0.25, -0.2) is 0 Å². The lowest BCUT2D eigenvalue weighted by molar-refractivity contribution is 0.394. The Labute approximate surface area is 164 Å². The molecule has 0 aliphatic heterocycles. The first-order valence-corrected chi connectivity index (χ1v) is 11.3. The van der Waals surface area contributed by atoms with Gasteiger partial charge in [-0.15, -0.1) is 0 Å². The molecule has 2 heteroatoms. The summed E-state index contributed by atoms with van der Waals surface area (Å²) in [5, 5.41) is 0. The molecule has 0 aromatic rings. The molecule has 1 aliphatic carbocycles. The molecule has 1 saturated carbocycles. The van der Waals surface area contributed by atoms with E-state index in [1.54, 1.807) is 0 Å². The zero-order chi connectivity index (χ0) is 19.7. The van der Waals surface area contributed by atoms with E-state index in [1.165, 1.54) is 62.8 Å². The molecule has 0 atom stereocenters. The molecular formula is C24H46N2. The lowest BCUT2D eigenvalue weighted by atomic mass is 9.90. The third-order valence-corrected chi connectivity index (χ3v) is 4.97. The fraction of sp³-hybridized carbons (Fsp3) is 0.917. The summed E-state index contributed by atoms with van der Waals surface area (Å²) in [6.07, 6.45) is 9.59. The predicted octanol–water partition coefficient (Wildman–Crippen LogP) is 7.36. The van der Waals surface area contributed by atoms with Crippen LogP contribution in [0.1, 0.15) is 107 Å². The molecule has 1 rings (SSSR count). The Morgan fingerprint density at radius 2 is 0.769 bits per heavy atom. The molecule has 2 nitrogen and oxygen atoms in total. The molecule has 1 aliphatic rings. The molecule has 0 radical (unpaired) electrons. The molecule has 0 aromatic heterocycles. The van der Waals surface area contributed by atoms with Crippen LogP contribution >= 0.6 is 0 Å². The van der Waals surface area contributed by atoms with Crippen LogP contribution in [0.5, 0.6) is 0 Å². The van der Waals surface area contributed by atoms with Crippen molar-refractivity contribution < 1.29 is 0 Å². The summed E-state index contributed by atoms with van der Waals surface area (Å²) in [6, 6.07) is 1.10. The monoisotopic (exact) mass is 362 g/mol. The first-order chi connectivity index (χ1) is 12.2. The van der Waals surface area contributed by atoms with E-state index in [2.05, 4.69) is 55.4 Å². The molecule has 1 fully saturated rings. The maximum atomic E-state index is 5.19. The average Bonchev–Trinajstić information content (AvgIpc) is 2.46. The standard InChI is InChI=1S/C24H46N2/c1-17(2)13-23(14-18(3)4)25-21-9-11-22(12-10-21)26-24(15-19(5)6)16-20(7)8/h17-22H,9-16H2,1-8H3. The van der Waals surface area contributed by atoms with Crippen LogP contribution in [0.15, 0.2) is 9.98 Å². The second-order valence-corrected chi connectivity index (χ2v) is 10.2. The van der Waals surface area contributed by atoms with Crippen LogP contribution in [-0.2, 0) is 0 Å². The highest BCUT2D eigenvalue weighted by molar-refractivity contribution is 5.85. The van der Waals surface area contributed by atoms with Gasteiger partial charge >= 0.3 is 0 Å². The van der Waals surface area contributed by atoms with Gasteiger partial charge in [0.05, 0.1) is 12.1 Å². The van der Waals surface area contributed by atoms with Crippen LogP contribution in [0.2, 0.25) is 0 Å². The Morgan fingerprint density at radius 1 is 0.538 bits per heavy atom. The average molecular weight is 363 g/mol. The van der Waals surface area contributed by atoms with Crippen molar-refractivity contribution in [2.75, 3.05) is 0 Å². The van der Waals surface area contributed by atoms with Gasteiger partial charge in [-0.2, -0.15) is 0 Å². The largest absolute Gasteiger partial charge is 0.291 e. The van der Waals surface area contributed by atoms with Gasteiger partial charge in [0.1, 0.15) is 0 Å². The van der Waals surface area contributed by atoms with E-state index in [9.17, 15) is 0 Å². The van der Waals surface area contributed by atoms with Crippen LogP contribution in [-0.4, -0.2) is 23.5 Å². The van der Waals surface area contributed by atoms with E-state index in [0.29, 0.717) is 35.8 Å². The van der Waals surface area contributed by atoms with Crippen LogP contribution < -0.4 is 0 Å². The zero-order valence-corrected chi connectivity index (χ0v) is 19.0. The van der Waals surface area contributed by atoms with E-state index in [4.69, 9.17) is 9.98 Å². The second-order valence-electron chi connectivity index (χ2n) is 10.2. The van der Waals surface area contributed by atoms with Gasteiger partial charge < -0.3 is 0 Å². The predicted molar refractivity (Wildman–Crippen MR) is 119 cm³/mol. The molecule has 0 amide bonds. The second kappa shape index (κ2) is 11.9. The van der Waals surface area contributed by atoms with Gasteiger partial charge in [0.15, 0.2) is 0 Å². The molecule has 0 aromatic carbocycles. The summed E-state index contributed by atoms with van der Waals surface area (Å²) in [5.74, 6) is 2.84. The van der Waals surface area contributed by atoms with Crippen molar-refractivity contribution in [1.82, 2.24) is 0 Å². The first kappa shape index (κ1) is 23.4. The smallest absolute Gasteiger partial charge is 0.0500 e. The summed E-state index contributed by atoms with van der Waals surface area (Å²) in [4.78, 5) is 10.4. The van der Waals surface area contributed by atoms with Crippen LogP contribution in [0, 0.1) is 23.7 Å². The Balaban J connectivity index is 2.65. The van der Waals surface area contributed by atoms with Crippen LogP contribution in [0.25, 0.3) is 0 Å². The van der Waals surface area contributed by atoms with Crippen molar-refractivity contribution in [2.24, 2.45) is 33.7 Å². The molecular weight excluding hydrogens is 316 g/mol. The maximum Gasteiger partial charge on any atom is 0.0500 e. The molecule has 0 saturated heterocycles. The molecule has 152 valence electrons. The van der Waals surface area contributed by atoms with Gasteiger partial charge in [-0.05, 0) is 75.0 Å². The van der Waals surface area contributed by atoms with E-state index < -0.39 is 0 Å². The summed E-state index contributed by atoms with van der Waals surface area (Å²) >= 11 is 0. The van der Waals surface area contributed by atoms with Gasteiger partial charge in [-0.3, -0.25) is 9.98 Å². The molecule has 0 spiro atoms. The minimum atomic E-state index is 0.549. The summed E-state index contributed by atoms with van der Waals surface area (Å²) < 4.78 is 0. The first-order valence-electron chi connectivity index (χ1n) is 11.3. The number of rotatable bonds is 10. The molecule has 0 unspecified atom stereocenters. The fourth-order valence-electron chi connectivity index (χ4n) is 4.10. The van der Waals surface area contributed by atoms with Crippen molar-refractivity contribution in [3.8, 4) is 0 Å². The fourth-order valence-corrected chi connectivity index (χ4v) is 4.10. The highest BCUT2D eigenvalue weighted by atomic mass is 14.8. The van der Waals surface area contributed by atoms with Gasteiger partial charge in [-0.1, -0.05) is 55.4 Å². The molecule has 0 heterocycles. The molecule has 0 bridgehead atoms. The third-order valence-electron chi connectivity index (χ3n) is 4.97. The zero-order valence-electron chi connectivity index (χ0n) is 19.0. The third kappa shape index (κ3) is 10.5. The lowest BCUT2D eigenvalue weighted by Gasteiger charge is -2.26. The minimum Gasteiger partial charge on any atom is -0.291 e. The highest BCUT2D eigenvalue weighted by Crippen LogP contribution is 2.26. The van der Waals surface area contributed by atoms with Gasteiger partial charge in [0.2, 0.25) is 0 Å². The number of nitrogens with zero attached hydrogens (tertiary/aromatic N) is 2. The summed E-state index contributed by atoms with van der Waals surface area (Å²) in [6.45, 7) is 18.5. The highest BCUT2D eigenvalue weighted by Gasteiger charge is 2.22. The van der Waals surface area contributed by atoms with Crippen molar-refractivity contribution in [1.29, 1.82) is 0 Å². The minimum absolute atomic E-state index is 0.549. The van der Waals surface area contributed by atoms with E-state index in [0.717, 1.165) is 0 Å². The Bertz CT molecular complexity index is 369. The summed E-state index contributed by atoms with van der Waals surface area (Å²) in [7, 11) is 0. The van der Waals surface area contributed by atoms with Crippen molar-refractivity contribution in [3.05, 3.63) is 0 Å². The Hall–Kier alpha value is -0.660. The van der Waals surface area contributed by atoms with Crippen molar-refractivity contribution in [2.45, 2.75) is 119 Å². The number of hydrogen-bond acceptors (Lipinski definition) is 2. The van der Waals surface area contributed by atoms with Crippen LogP contribution in [0.3, 0.4) is 0 Å². The van der Waals surface area contributed by atoms with Crippen molar-refractivity contribution >= 4 is 11.4 Å². The van der Waals surface area contributed by atoms with E-state index in [1.807, 2.05) is 0 Å². The number of hydrogen-bond donors (Lipinski definition) is 0. The van der Waals surface area contributed by atoms with Crippen molar-refractivity contribution in [3.63, 3.8) is 0 Å². The Kier molecular flexibility index (Phi) is 10.7. The maximum absolute atomic E-state index is 5.19. The molecule has 0 N–H and O–H groups in total. The SMILES string of the molecule is CC(C)CC(CC(C)C)=NC1CCC(N=C(CC(C)C)CC(C)C)CC1. The van der Waals surface area contributed by atoms with Gasteiger partial charge in [0, 0.05) is 11.4 Å². The van der Waals surface area contributed by atoms with Gasteiger partial charge in [0.25, 0.3) is 0 Å². The summed E-state index contributed by atoms with van der Waals surface area (Å²) in [5.41, 5.74) is 2.92. The lowest BCUT2D eigenvalue weighted by Crippen LogP contribution is -2.23. The molecule has 26 heavy (non-hydrogen) atoms. The Morgan fingerprint density at radius 3 is 0.962 bits per heavy atom. The quantitative estimate of drug-likeness (QED) is 0.362. The normalized spacial score (nSPS) is 20.9. The van der Waals surface area contributed by atoms with E-state index in [-0.39, 0.29) is 0 Å². The van der Waals surface area contributed by atoms with E-state index >= 15 is 0 Å². The number of aliphatic imine (C=N–C) groups is 2.